The number of hydrogen-bond acceptors (Lipinski definition) is 2. The van der Waals surface area contributed by atoms with Gasteiger partial charge in [-0.25, -0.2) is 4.39 Å². The van der Waals surface area contributed by atoms with Crippen molar-refractivity contribution in [3.63, 3.8) is 0 Å². The lowest BCUT2D eigenvalue weighted by molar-refractivity contribution is -0.140. The Bertz CT molecular complexity index is 529. The van der Waals surface area contributed by atoms with E-state index in [-0.39, 0.29) is 24.4 Å². The Morgan fingerprint density at radius 2 is 1.86 bits per heavy atom. The van der Waals surface area contributed by atoms with Crippen molar-refractivity contribution in [1.29, 1.82) is 0 Å². The topological polar surface area (TPSA) is 58.2 Å². The third-order valence-electron chi connectivity index (χ3n) is 2.55. The SMILES string of the molecule is CCNC(=O)CCNC(=O)c1ccc(F)c(C(F)(F)F)c1. The molecule has 0 aliphatic rings. The van der Waals surface area contributed by atoms with Crippen LogP contribution in [0.1, 0.15) is 29.3 Å². The fraction of sp³-hybridized carbons (Fsp3) is 0.385. The number of benzene rings is 1. The van der Waals surface area contributed by atoms with Crippen LogP contribution in [-0.4, -0.2) is 24.9 Å². The molecule has 0 fully saturated rings. The van der Waals surface area contributed by atoms with Gasteiger partial charge in [0.05, 0.1) is 5.56 Å². The van der Waals surface area contributed by atoms with E-state index in [0.29, 0.717) is 18.7 Å². The molecule has 8 heteroatoms. The van der Waals surface area contributed by atoms with Crippen molar-refractivity contribution < 1.29 is 27.2 Å². The Balaban J connectivity index is 2.69. The zero-order valence-electron chi connectivity index (χ0n) is 11.2. The first-order valence-corrected chi connectivity index (χ1v) is 6.17. The highest BCUT2D eigenvalue weighted by Crippen LogP contribution is 2.31. The first-order valence-electron chi connectivity index (χ1n) is 6.17. The van der Waals surface area contributed by atoms with Crippen LogP contribution >= 0.6 is 0 Å². The van der Waals surface area contributed by atoms with Gasteiger partial charge in [0.25, 0.3) is 5.91 Å². The van der Waals surface area contributed by atoms with Crippen molar-refractivity contribution in [2.75, 3.05) is 13.1 Å². The molecule has 0 aromatic heterocycles. The van der Waals surface area contributed by atoms with E-state index in [9.17, 15) is 27.2 Å². The summed E-state index contributed by atoms with van der Waals surface area (Å²) in [4.78, 5) is 22.8. The molecule has 1 rings (SSSR count). The van der Waals surface area contributed by atoms with E-state index < -0.39 is 23.5 Å². The number of nitrogens with one attached hydrogen (secondary N) is 2. The van der Waals surface area contributed by atoms with Crippen molar-refractivity contribution in [1.82, 2.24) is 10.6 Å². The summed E-state index contributed by atoms with van der Waals surface area (Å²) in [6.07, 6.45) is -4.87. The van der Waals surface area contributed by atoms with Gasteiger partial charge in [-0.15, -0.1) is 0 Å². The average Bonchev–Trinajstić information content (AvgIpc) is 2.38. The van der Waals surface area contributed by atoms with Gasteiger partial charge in [0, 0.05) is 25.1 Å². The third kappa shape index (κ3) is 5.05. The van der Waals surface area contributed by atoms with Crippen LogP contribution in [0, 0.1) is 5.82 Å². The maximum absolute atomic E-state index is 13.1. The summed E-state index contributed by atoms with van der Waals surface area (Å²) >= 11 is 0. The molecular weight excluding hydrogens is 292 g/mol. The fourth-order valence-electron chi connectivity index (χ4n) is 1.56. The molecule has 2 N–H and O–H groups in total. The molecule has 0 spiro atoms. The average molecular weight is 306 g/mol. The summed E-state index contributed by atoms with van der Waals surface area (Å²) in [6.45, 7) is 2.15. The van der Waals surface area contributed by atoms with E-state index in [0.717, 1.165) is 6.07 Å². The normalized spacial score (nSPS) is 11.1. The largest absolute Gasteiger partial charge is 0.419 e. The van der Waals surface area contributed by atoms with Gasteiger partial charge in [-0.3, -0.25) is 9.59 Å². The molecule has 1 aromatic carbocycles. The van der Waals surface area contributed by atoms with Crippen molar-refractivity contribution in [2.45, 2.75) is 19.5 Å². The maximum atomic E-state index is 13.1. The first-order chi connectivity index (χ1) is 9.75. The van der Waals surface area contributed by atoms with Crippen molar-refractivity contribution in [3.05, 3.63) is 35.1 Å². The van der Waals surface area contributed by atoms with Gasteiger partial charge in [-0.2, -0.15) is 13.2 Å². The fourth-order valence-corrected chi connectivity index (χ4v) is 1.56. The Hall–Kier alpha value is -2.12. The summed E-state index contributed by atoms with van der Waals surface area (Å²) in [5.41, 5.74) is -1.82. The smallest absolute Gasteiger partial charge is 0.356 e. The summed E-state index contributed by atoms with van der Waals surface area (Å²) in [5, 5.41) is 4.80. The second kappa shape index (κ2) is 7.05. The second-order valence-electron chi connectivity index (χ2n) is 4.15. The van der Waals surface area contributed by atoms with Crippen molar-refractivity contribution >= 4 is 11.8 Å². The lowest BCUT2D eigenvalue weighted by Crippen LogP contribution is -2.30. The Kier molecular flexibility index (Phi) is 5.69. The minimum absolute atomic E-state index is 0.00685. The van der Waals surface area contributed by atoms with Gasteiger partial charge in [0.1, 0.15) is 5.82 Å². The molecule has 21 heavy (non-hydrogen) atoms. The van der Waals surface area contributed by atoms with Gasteiger partial charge < -0.3 is 10.6 Å². The van der Waals surface area contributed by atoms with E-state index in [1.165, 1.54) is 0 Å². The zero-order valence-corrected chi connectivity index (χ0v) is 11.2. The molecule has 0 aliphatic heterocycles. The number of halogens is 4. The molecule has 0 bridgehead atoms. The lowest BCUT2D eigenvalue weighted by Gasteiger charge is -2.10. The second-order valence-corrected chi connectivity index (χ2v) is 4.15. The molecule has 0 heterocycles. The van der Waals surface area contributed by atoms with Crippen LogP contribution in [-0.2, 0) is 11.0 Å². The van der Waals surface area contributed by atoms with E-state index >= 15 is 0 Å². The zero-order chi connectivity index (χ0) is 16.0. The van der Waals surface area contributed by atoms with E-state index in [1.807, 2.05) is 0 Å². The van der Waals surface area contributed by atoms with Crippen LogP contribution in [0.15, 0.2) is 18.2 Å². The van der Waals surface area contributed by atoms with Gasteiger partial charge in [-0.05, 0) is 25.1 Å². The van der Waals surface area contributed by atoms with Crippen LogP contribution in [0.5, 0.6) is 0 Å². The number of amides is 2. The molecule has 0 saturated heterocycles. The Labute approximate surface area is 118 Å². The highest BCUT2D eigenvalue weighted by molar-refractivity contribution is 5.94. The molecule has 0 radical (unpaired) electrons. The predicted molar refractivity (Wildman–Crippen MR) is 67.0 cm³/mol. The predicted octanol–water partition coefficient (Wildman–Crippen LogP) is 2.10. The van der Waals surface area contributed by atoms with Crippen LogP contribution in [0.4, 0.5) is 17.6 Å². The number of alkyl halides is 3. The van der Waals surface area contributed by atoms with Gasteiger partial charge >= 0.3 is 6.18 Å². The minimum atomic E-state index is -4.87. The molecule has 0 saturated carbocycles. The standard InChI is InChI=1S/C13H14F4N2O2/c1-2-18-11(20)5-6-19-12(21)8-3-4-10(14)9(7-8)13(15,16)17/h3-4,7H,2,5-6H2,1H3,(H,18,20)(H,19,21). The van der Waals surface area contributed by atoms with E-state index in [2.05, 4.69) is 10.6 Å². The number of carbonyl (C=O) groups excluding carboxylic acids is 2. The van der Waals surface area contributed by atoms with Gasteiger partial charge in [0.15, 0.2) is 0 Å². The monoisotopic (exact) mass is 306 g/mol. The quantitative estimate of drug-likeness (QED) is 0.819. The molecule has 0 aliphatic carbocycles. The first kappa shape index (κ1) is 16.9. The van der Waals surface area contributed by atoms with E-state index in [4.69, 9.17) is 0 Å². The number of hydrogen-bond donors (Lipinski definition) is 2. The molecule has 0 unspecified atom stereocenters. The van der Waals surface area contributed by atoms with Gasteiger partial charge in [-0.1, -0.05) is 0 Å². The summed E-state index contributed by atoms with van der Waals surface area (Å²) in [7, 11) is 0. The Morgan fingerprint density at radius 1 is 1.19 bits per heavy atom. The minimum Gasteiger partial charge on any atom is -0.356 e. The maximum Gasteiger partial charge on any atom is 0.419 e. The van der Waals surface area contributed by atoms with Crippen molar-refractivity contribution in [2.24, 2.45) is 0 Å². The lowest BCUT2D eigenvalue weighted by atomic mass is 10.1. The molecule has 4 nitrogen and oxygen atoms in total. The highest BCUT2D eigenvalue weighted by Gasteiger charge is 2.34. The van der Waals surface area contributed by atoms with Gasteiger partial charge in [0.2, 0.25) is 5.91 Å². The Morgan fingerprint density at radius 3 is 2.43 bits per heavy atom. The van der Waals surface area contributed by atoms with Crippen LogP contribution in [0.25, 0.3) is 0 Å². The van der Waals surface area contributed by atoms with Crippen molar-refractivity contribution in [3.8, 4) is 0 Å². The number of carbonyl (C=O) groups is 2. The van der Waals surface area contributed by atoms with Crippen LogP contribution in [0.3, 0.4) is 0 Å². The number of rotatable bonds is 5. The highest BCUT2D eigenvalue weighted by atomic mass is 19.4. The van der Waals surface area contributed by atoms with Crippen LogP contribution < -0.4 is 10.6 Å². The van der Waals surface area contributed by atoms with Crippen LogP contribution in [0.2, 0.25) is 0 Å². The molecular formula is C13H14F4N2O2. The summed E-state index contributed by atoms with van der Waals surface area (Å²) in [5.74, 6) is -2.53. The molecule has 0 atom stereocenters. The summed E-state index contributed by atoms with van der Waals surface area (Å²) < 4.78 is 50.6. The molecule has 1 aromatic rings. The van der Waals surface area contributed by atoms with E-state index in [1.54, 1.807) is 6.92 Å². The molecule has 116 valence electrons. The third-order valence-corrected chi connectivity index (χ3v) is 2.55. The molecule has 2 amide bonds. The summed E-state index contributed by atoms with van der Waals surface area (Å²) in [6, 6.07) is 1.98.